The van der Waals surface area contributed by atoms with Crippen molar-refractivity contribution in [1.29, 1.82) is 0 Å². The number of hydrogen-bond donors (Lipinski definition) is 1. The van der Waals surface area contributed by atoms with Gasteiger partial charge in [0.05, 0.1) is 6.42 Å². The molecule has 0 atom stereocenters. The highest BCUT2D eigenvalue weighted by Crippen LogP contribution is 2.23. The zero-order valence-electron chi connectivity index (χ0n) is 25.7. The number of amides is 1. The predicted octanol–water partition coefficient (Wildman–Crippen LogP) is 7.68. The van der Waals surface area contributed by atoms with Crippen molar-refractivity contribution in [3.8, 4) is 17.2 Å². The highest BCUT2D eigenvalue weighted by Gasteiger charge is 2.18. The Morgan fingerprint density at radius 2 is 1.13 bits per heavy atom. The van der Waals surface area contributed by atoms with E-state index in [0.29, 0.717) is 29.4 Å². The van der Waals surface area contributed by atoms with Crippen LogP contribution in [0.5, 0.6) is 17.2 Å². The van der Waals surface area contributed by atoms with Crippen molar-refractivity contribution in [3.63, 3.8) is 0 Å². The standard InChI is InChI=1S/C39H38N2O5/c42-38(43)23-24-41(30-33-15-10-18-37(27-33)46-36-16-8-3-9-17-36)39(44)34-19-21-35(22-20-34)45-26-25-40(28-31-11-4-1-5-12-31)29-32-13-6-2-7-14-32/h1-22,27H,23-26,28-30H2,(H,42,43). The van der Waals surface area contributed by atoms with E-state index in [1.54, 1.807) is 29.2 Å². The van der Waals surface area contributed by atoms with Gasteiger partial charge in [0.15, 0.2) is 0 Å². The summed E-state index contributed by atoms with van der Waals surface area (Å²) in [6, 6.07) is 44.7. The Bertz CT molecular complexity index is 1620. The minimum Gasteiger partial charge on any atom is -0.492 e. The first-order valence-corrected chi connectivity index (χ1v) is 15.4. The van der Waals surface area contributed by atoms with Gasteiger partial charge in [-0.3, -0.25) is 14.5 Å². The molecule has 0 saturated carbocycles. The third kappa shape index (κ3) is 10.1. The predicted molar refractivity (Wildman–Crippen MR) is 179 cm³/mol. The van der Waals surface area contributed by atoms with E-state index in [2.05, 4.69) is 53.4 Å². The Morgan fingerprint density at radius 1 is 0.565 bits per heavy atom. The summed E-state index contributed by atoms with van der Waals surface area (Å²) in [6.45, 7) is 3.14. The number of rotatable bonds is 16. The van der Waals surface area contributed by atoms with E-state index in [-0.39, 0.29) is 25.4 Å². The molecule has 0 aliphatic rings. The molecule has 0 fully saturated rings. The number of para-hydroxylation sites is 1. The normalized spacial score (nSPS) is 10.8. The average molecular weight is 615 g/mol. The minimum absolute atomic E-state index is 0.0782. The third-order valence-corrected chi connectivity index (χ3v) is 7.41. The SMILES string of the molecule is O=C(O)CCN(Cc1cccc(Oc2ccccc2)c1)C(=O)c1ccc(OCCN(Cc2ccccc2)Cc2ccccc2)cc1. The van der Waals surface area contributed by atoms with Crippen LogP contribution < -0.4 is 9.47 Å². The molecule has 0 aliphatic heterocycles. The molecule has 0 aromatic heterocycles. The summed E-state index contributed by atoms with van der Waals surface area (Å²) in [6.07, 6.45) is -0.157. The molecule has 5 rings (SSSR count). The van der Waals surface area contributed by atoms with Crippen LogP contribution in [-0.4, -0.2) is 46.5 Å². The van der Waals surface area contributed by atoms with Gasteiger partial charge >= 0.3 is 5.97 Å². The maximum absolute atomic E-state index is 13.6. The number of nitrogens with zero attached hydrogens (tertiary/aromatic N) is 2. The lowest BCUT2D eigenvalue weighted by molar-refractivity contribution is -0.137. The molecule has 5 aromatic carbocycles. The van der Waals surface area contributed by atoms with Crippen molar-refractivity contribution in [3.05, 3.63) is 162 Å². The van der Waals surface area contributed by atoms with Gasteiger partial charge in [0.2, 0.25) is 0 Å². The number of carboxylic acid groups (broad SMARTS) is 1. The molecule has 0 bridgehead atoms. The Kier molecular flexibility index (Phi) is 11.6. The Morgan fingerprint density at radius 3 is 1.74 bits per heavy atom. The zero-order chi connectivity index (χ0) is 32.0. The van der Waals surface area contributed by atoms with E-state index in [1.807, 2.05) is 66.7 Å². The zero-order valence-corrected chi connectivity index (χ0v) is 25.7. The van der Waals surface area contributed by atoms with Gasteiger partial charge in [-0.05, 0) is 65.2 Å². The quantitative estimate of drug-likeness (QED) is 0.123. The molecule has 0 aliphatic carbocycles. The summed E-state index contributed by atoms with van der Waals surface area (Å²) in [5.41, 5.74) is 3.78. The van der Waals surface area contributed by atoms with E-state index < -0.39 is 5.97 Å². The Hall–Kier alpha value is -5.40. The van der Waals surface area contributed by atoms with Crippen LogP contribution in [0.25, 0.3) is 0 Å². The summed E-state index contributed by atoms with van der Waals surface area (Å²) in [5, 5.41) is 9.33. The lowest BCUT2D eigenvalue weighted by Gasteiger charge is -2.23. The smallest absolute Gasteiger partial charge is 0.305 e. The van der Waals surface area contributed by atoms with E-state index in [4.69, 9.17) is 9.47 Å². The molecule has 7 nitrogen and oxygen atoms in total. The fraction of sp³-hybridized carbons (Fsp3) is 0.179. The molecule has 0 radical (unpaired) electrons. The maximum Gasteiger partial charge on any atom is 0.305 e. The summed E-state index contributed by atoms with van der Waals surface area (Å²) >= 11 is 0. The number of benzene rings is 5. The van der Waals surface area contributed by atoms with Crippen LogP contribution in [0, 0.1) is 0 Å². The molecule has 5 aromatic rings. The highest BCUT2D eigenvalue weighted by molar-refractivity contribution is 5.94. The van der Waals surface area contributed by atoms with E-state index in [9.17, 15) is 14.7 Å². The van der Waals surface area contributed by atoms with Crippen molar-refractivity contribution in [1.82, 2.24) is 9.80 Å². The molecule has 0 unspecified atom stereocenters. The van der Waals surface area contributed by atoms with Crippen LogP contribution >= 0.6 is 0 Å². The molecular formula is C39H38N2O5. The van der Waals surface area contributed by atoms with E-state index in [0.717, 1.165) is 25.2 Å². The molecule has 0 spiro atoms. The molecule has 1 amide bonds. The van der Waals surface area contributed by atoms with Gasteiger partial charge in [-0.1, -0.05) is 91.0 Å². The Labute approximate surface area is 270 Å². The monoisotopic (exact) mass is 614 g/mol. The van der Waals surface area contributed by atoms with E-state index in [1.165, 1.54) is 11.1 Å². The highest BCUT2D eigenvalue weighted by atomic mass is 16.5. The molecule has 1 N–H and O–H groups in total. The van der Waals surface area contributed by atoms with Crippen LogP contribution in [0.3, 0.4) is 0 Å². The minimum atomic E-state index is -0.962. The molecule has 0 saturated heterocycles. The maximum atomic E-state index is 13.6. The van der Waals surface area contributed by atoms with E-state index >= 15 is 0 Å². The van der Waals surface area contributed by atoms with Crippen molar-refractivity contribution in [2.75, 3.05) is 19.7 Å². The van der Waals surface area contributed by atoms with Gasteiger partial charge in [-0.2, -0.15) is 0 Å². The fourth-order valence-electron chi connectivity index (χ4n) is 5.10. The van der Waals surface area contributed by atoms with Gasteiger partial charge in [0.1, 0.15) is 23.9 Å². The lowest BCUT2D eigenvalue weighted by atomic mass is 10.1. The summed E-state index contributed by atoms with van der Waals surface area (Å²) in [7, 11) is 0. The van der Waals surface area contributed by atoms with Crippen molar-refractivity contribution < 1.29 is 24.2 Å². The van der Waals surface area contributed by atoms with Crippen LogP contribution in [0.15, 0.2) is 140 Å². The van der Waals surface area contributed by atoms with Crippen LogP contribution in [0.4, 0.5) is 0 Å². The second-order valence-corrected chi connectivity index (χ2v) is 11.0. The van der Waals surface area contributed by atoms with Gasteiger partial charge in [0.25, 0.3) is 5.91 Å². The van der Waals surface area contributed by atoms with Gasteiger partial charge in [-0.25, -0.2) is 0 Å². The summed E-state index contributed by atoms with van der Waals surface area (Å²) in [5.74, 6) is 0.803. The first kappa shape index (κ1) is 32.0. The van der Waals surface area contributed by atoms with Crippen molar-refractivity contribution in [2.24, 2.45) is 0 Å². The molecule has 7 heteroatoms. The first-order valence-electron chi connectivity index (χ1n) is 15.4. The molecular weight excluding hydrogens is 576 g/mol. The largest absolute Gasteiger partial charge is 0.492 e. The number of aliphatic carboxylic acids is 1. The van der Waals surface area contributed by atoms with Crippen LogP contribution in [-0.2, 0) is 24.4 Å². The first-order chi connectivity index (χ1) is 22.5. The van der Waals surface area contributed by atoms with Crippen LogP contribution in [0.1, 0.15) is 33.5 Å². The van der Waals surface area contributed by atoms with Crippen LogP contribution in [0.2, 0.25) is 0 Å². The molecule has 0 heterocycles. The average Bonchev–Trinajstić information content (AvgIpc) is 3.08. The molecule has 234 valence electrons. The van der Waals surface area contributed by atoms with Gasteiger partial charge in [-0.15, -0.1) is 0 Å². The summed E-state index contributed by atoms with van der Waals surface area (Å²) in [4.78, 5) is 28.8. The lowest BCUT2D eigenvalue weighted by Crippen LogP contribution is -2.32. The molecule has 46 heavy (non-hydrogen) atoms. The second kappa shape index (κ2) is 16.6. The number of carbonyl (C=O) groups is 2. The third-order valence-electron chi connectivity index (χ3n) is 7.41. The second-order valence-electron chi connectivity index (χ2n) is 11.0. The van der Waals surface area contributed by atoms with Crippen molar-refractivity contribution in [2.45, 2.75) is 26.1 Å². The number of carbonyl (C=O) groups excluding carboxylic acids is 1. The Balaban J connectivity index is 1.20. The topological polar surface area (TPSA) is 79.3 Å². The fourth-order valence-corrected chi connectivity index (χ4v) is 5.10. The number of ether oxygens (including phenoxy) is 2. The van der Waals surface area contributed by atoms with Gasteiger partial charge in [0, 0.05) is 38.3 Å². The summed E-state index contributed by atoms with van der Waals surface area (Å²) < 4.78 is 12.0. The number of hydrogen-bond acceptors (Lipinski definition) is 5. The number of carboxylic acids is 1. The van der Waals surface area contributed by atoms with Crippen molar-refractivity contribution >= 4 is 11.9 Å². The van der Waals surface area contributed by atoms with Gasteiger partial charge < -0.3 is 19.5 Å².